The van der Waals surface area contributed by atoms with Gasteiger partial charge < -0.3 is 10.5 Å². The first-order valence-electron chi connectivity index (χ1n) is 6.75. The van der Waals surface area contributed by atoms with Crippen LogP contribution in [0.5, 0.6) is 5.75 Å². The summed E-state index contributed by atoms with van der Waals surface area (Å²) >= 11 is 0. The average molecular weight is 298 g/mol. The minimum Gasteiger partial charge on any atom is -0.490 e. The highest BCUT2D eigenvalue weighted by Crippen LogP contribution is 2.51. The van der Waals surface area contributed by atoms with E-state index < -0.39 is 10.0 Å². The molecule has 2 rings (SSSR count). The summed E-state index contributed by atoms with van der Waals surface area (Å²) < 4.78 is 31.7. The third-order valence-electron chi connectivity index (χ3n) is 3.80. The Morgan fingerprint density at radius 3 is 2.65 bits per heavy atom. The lowest BCUT2D eigenvalue weighted by Gasteiger charge is -2.10. The van der Waals surface area contributed by atoms with Gasteiger partial charge in [-0.1, -0.05) is 26.0 Å². The minimum absolute atomic E-state index is 0.0610. The number of hydrogen-bond acceptors (Lipinski definition) is 4. The highest BCUT2D eigenvalue weighted by molar-refractivity contribution is 7.89. The van der Waals surface area contributed by atoms with Crippen molar-refractivity contribution in [1.29, 1.82) is 0 Å². The fourth-order valence-electron chi connectivity index (χ4n) is 2.10. The predicted octanol–water partition coefficient (Wildman–Crippen LogP) is 1.61. The standard InChI is InChI=1S/C14H22N2O3S/c1-14(2)9-11(14)10-16-20(17,18)8-7-19-13-6-4-3-5-12(13)15/h3-6,11,16H,7-10,15H2,1-2H3. The average Bonchev–Trinajstić information content (AvgIpc) is 2.97. The van der Waals surface area contributed by atoms with Gasteiger partial charge in [0, 0.05) is 6.54 Å². The van der Waals surface area contributed by atoms with E-state index in [1.54, 1.807) is 24.3 Å². The van der Waals surface area contributed by atoms with Crippen LogP contribution in [-0.2, 0) is 10.0 Å². The molecular formula is C14H22N2O3S. The molecule has 1 saturated carbocycles. The quantitative estimate of drug-likeness (QED) is 0.749. The van der Waals surface area contributed by atoms with Gasteiger partial charge in [0.25, 0.3) is 0 Å². The fraction of sp³-hybridized carbons (Fsp3) is 0.571. The Bertz CT molecular complexity index is 570. The summed E-state index contributed by atoms with van der Waals surface area (Å²) in [7, 11) is -3.29. The summed E-state index contributed by atoms with van der Waals surface area (Å²) in [6, 6.07) is 7.05. The Kier molecular flexibility index (Phi) is 4.25. The van der Waals surface area contributed by atoms with E-state index in [9.17, 15) is 8.42 Å². The van der Waals surface area contributed by atoms with Crippen molar-refractivity contribution >= 4 is 15.7 Å². The molecule has 0 saturated heterocycles. The zero-order valence-corrected chi connectivity index (χ0v) is 12.7. The highest BCUT2D eigenvalue weighted by Gasteiger charge is 2.45. The summed E-state index contributed by atoms with van der Waals surface area (Å²) in [5.74, 6) is 0.906. The van der Waals surface area contributed by atoms with Crippen LogP contribution in [0.1, 0.15) is 20.3 Å². The molecule has 1 aliphatic carbocycles. The second-order valence-corrected chi connectivity index (χ2v) is 7.87. The molecule has 0 bridgehead atoms. The molecule has 0 heterocycles. The molecule has 6 heteroatoms. The molecule has 0 amide bonds. The van der Waals surface area contributed by atoms with Crippen LogP contribution in [-0.4, -0.2) is 27.3 Å². The summed E-state index contributed by atoms with van der Waals surface area (Å²) in [5, 5.41) is 0. The molecule has 0 spiro atoms. The summed E-state index contributed by atoms with van der Waals surface area (Å²) in [6.07, 6.45) is 1.08. The number of nitrogens with two attached hydrogens (primary N) is 1. The van der Waals surface area contributed by atoms with Gasteiger partial charge in [0.1, 0.15) is 12.4 Å². The maximum Gasteiger partial charge on any atom is 0.214 e. The largest absolute Gasteiger partial charge is 0.490 e. The number of sulfonamides is 1. The number of benzene rings is 1. The third kappa shape index (κ3) is 4.11. The number of para-hydroxylation sites is 2. The van der Waals surface area contributed by atoms with Crippen LogP contribution < -0.4 is 15.2 Å². The van der Waals surface area contributed by atoms with Gasteiger partial charge in [0.15, 0.2) is 0 Å². The number of ether oxygens (including phenoxy) is 1. The SMILES string of the molecule is CC1(C)CC1CNS(=O)(=O)CCOc1ccccc1N. The molecular weight excluding hydrogens is 276 g/mol. The molecule has 1 aliphatic rings. The molecule has 1 aromatic carbocycles. The Labute approximate surface area is 120 Å². The molecule has 112 valence electrons. The number of hydrogen-bond donors (Lipinski definition) is 2. The summed E-state index contributed by atoms with van der Waals surface area (Å²) in [4.78, 5) is 0. The summed E-state index contributed by atoms with van der Waals surface area (Å²) in [5.41, 5.74) is 6.50. The van der Waals surface area contributed by atoms with Crippen LogP contribution in [0.4, 0.5) is 5.69 Å². The first-order chi connectivity index (χ1) is 9.30. The number of anilines is 1. The molecule has 1 unspecified atom stereocenters. The topological polar surface area (TPSA) is 81.4 Å². The van der Waals surface area contributed by atoms with E-state index in [0.717, 1.165) is 6.42 Å². The highest BCUT2D eigenvalue weighted by atomic mass is 32.2. The number of nitrogen functional groups attached to an aromatic ring is 1. The van der Waals surface area contributed by atoms with Crippen molar-refractivity contribution in [2.45, 2.75) is 20.3 Å². The lowest BCUT2D eigenvalue weighted by molar-refractivity contribution is 0.342. The van der Waals surface area contributed by atoms with E-state index in [-0.39, 0.29) is 17.8 Å². The van der Waals surface area contributed by atoms with Gasteiger partial charge in [-0.15, -0.1) is 0 Å². The first-order valence-corrected chi connectivity index (χ1v) is 8.40. The molecule has 5 nitrogen and oxygen atoms in total. The van der Waals surface area contributed by atoms with Crippen LogP contribution in [0.15, 0.2) is 24.3 Å². The lowest BCUT2D eigenvalue weighted by Crippen LogP contribution is -2.31. The van der Waals surface area contributed by atoms with Crippen molar-refractivity contribution in [3.63, 3.8) is 0 Å². The van der Waals surface area contributed by atoms with Crippen molar-refractivity contribution < 1.29 is 13.2 Å². The number of rotatable bonds is 7. The van der Waals surface area contributed by atoms with Crippen LogP contribution in [0, 0.1) is 11.3 Å². The smallest absolute Gasteiger partial charge is 0.214 e. The van der Waals surface area contributed by atoms with Crippen LogP contribution in [0.2, 0.25) is 0 Å². The lowest BCUT2D eigenvalue weighted by atomic mass is 10.1. The first kappa shape index (κ1) is 15.1. The van der Waals surface area contributed by atoms with E-state index >= 15 is 0 Å². The molecule has 0 radical (unpaired) electrons. The fourth-order valence-corrected chi connectivity index (χ4v) is 3.00. The van der Waals surface area contributed by atoms with Gasteiger partial charge in [0.05, 0.1) is 11.4 Å². The minimum atomic E-state index is -3.29. The monoisotopic (exact) mass is 298 g/mol. The van der Waals surface area contributed by atoms with Gasteiger partial charge >= 0.3 is 0 Å². The van der Waals surface area contributed by atoms with Crippen molar-refractivity contribution in [3.05, 3.63) is 24.3 Å². The Morgan fingerprint density at radius 2 is 2.05 bits per heavy atom. The second kappa shape index (κ2) is 5.61. The van der Waals surface area contributed by atoms with E-state index in [1.165, 1.54) is 0 Å². The van der Waals surface area contributed by atoms with Crippen LogP contribution in [0.25, 0.3) is 0 Å². The Balaban J connectivity index is 1.74. The van der Waals surface area contributed by atoms with E-state index in [0.29, 0.717) is 23.9 Å². The van der Waals surface area contributed by atoms with Crippen molar-refractivity contribution in [2.24, 2.45) is 11.3 Å². The summed E-state index contributed by atoms with van der Waals surface area (Å²) in [6.45, 7) is 4.90. The zero-order valence-electron chi connectivity index (χ0n) is 11.9. The molecule has 1 aromatic rings. The molecule has 1 atom stereocenters. The Hall–Kier alpha value is -1.27. The maximum absolute atomic E-state index is 11.8. The van der Waals surface area contributed by atoms with Crippen LogP contribution >= 0.6 is 0 Å². The van der Waals surface area contributed by atoms with Crippen molar-refractivity contribution in [2.75, 3.05) is 24.6 Å². The number of nitrogens with one attached hydrogen (secondary N) is 1. The van der Waals surface area contributed by atoms with E-state index in [2.05, 4.69) is 18.6 Å². The van der Waals surface area contributed by atoms with Crippen molar-refractivity contribution in [3.8, 4) is 5.75 Å². The van der Waals surface area contributed by atoms with Crippen LogP contribution in [0.3, 0.4) is 0 Å². The molecule has 0 aromatic heterocycles. The van der Waals surface area contributed by atoms with E-state index in [4.69, 9.17) is 10.5 Å². The normalized spacial score (nSPS) is 20.6. The predicted molar refractivity (Wildman–Crippen MR) is 80.0 cm³/mol. The third-order valence-corrected chi connectivity index (χ3v) is 5.11. The zero-order chi connectivity index (χ0) is 14.8. The van der Waals surface area contributed by atoms with Crippen molar-refractivity contribution in [1.82, 2.24) is 4.72 Å². The molecule has 1 fully saturated rings. The Morgan fingerprint density at radius 1 is 1.40 bits per heavy atom. The van der Waals surface area contributed by atoms with Gasteiger partial charge in [-0.2, -0.15) is 0 Å². The second-order valence-electron chi connectivity index (χ2n) is 5.94. The van der Waals surface area contributed by atoms with E-state index in [1.807, 2.05) is 0 Å². The van der Waals surface area contributed by atoms with Gasteiger partial charge in [-0.05, 0) is 29.9 Å². The maximum atomic E-state index is 11.8. The van der Waals surface area contributed by atoms with Gasteiger partial charge in [0.2, 0.25) is 10.0 Å². The molecule has 20 heavy (non-hydrogen) atoms. The van der Waals surface area contributed by atoms with Gasteiger partial charge in [-0.25, -0.2) is 13.1 Å². The molecule has 3 N–H and O–H groups in total. The van der Waals surface area contributed by atoms with Gasteiger partial charge in [-0.3, -0.25) is 0 Å². The molecule has 0 aliphatic heterocycles.